The SMILES string of the molecule is CC1(c2ccccc2)CCN(c2cccc(-c3cc(F)cc(F)c3)c2)C(=O)C1. The highest BCUT2D eigenvalue weighted by atomic mass is 19.1. The highest BCUT2D eigenvalue weighted by Gasteiger charge is 2.36. The van der Waals surface area contributed by atoms with Crippen LogP contribution in [0, 0.1) is 11.6 Å². The van der Waals surface area contributed by atoms with E-state index in [1.807, 2.05) is 36.4 Å². The molecule has 3 aromatic carbocycles. The van der Waals surface area contributed by atoms with E-state index in [1.54, 1.807) is 11.0 Å². The van der Waals surface area contributed by atoms with Crippen LogP contribution in [0.3, 0.4) is 0 Å². The summed E-state index contributed by atoms with van der Waals surface area (Å²) in [7, 11) is 0. The molecule has 1 unspecified atom stereocenters. The summed E-state index contributed by atoms with van der Waals surface area (Å²) in [6.45, 7) is 2.73. The summed E-state index contributed by atoms with van der Waals surface area (Å²) < 4.78 is 27.1. The van der Waals surface area contributed by atoms with Gasteiger partial charge in [0.05, 0.1) is 0 Å². The van der Waals surface area contributed by atoms with Crippen molar-refractivity contribution >= 4 is 11.6 Å². The predicted octanol–water partition coefficient (Wildman–Crippen LogP) is 5.72. The van der Waals surface area contributed by atoms with Gasteiger partial charge in [-0.1, -0.05) is 49.4 Å². The van der Waals surface area contributed by atoms with Crippen molar-refractivity contribution in [2.45, 2.75) is 25.2 Å². The summed E-state index contributed by atoms with van der Waals surface area (Å²) in [4.78, 5) is 14.7. The lowest BCUT2D eigenvalue weighted by Gasteiger charge is -2.39. The van der Waals surface area contributed by atoms with Crippen molar-refractivity contribution in [3.63, 3.8) is 0 Å². The van der Waals surface area contributed by atoms with Crippen LogP contribution in [0.2, 0.25) is 0 Å². The second-order valence-electron chi connectivity index (χ2n) is 7.61. The standard InChI is InChI=1S/C24H21F2NO/c1-24(19-7-3-2-4-8-19)10-11-27(23(28)16-24)22-9-5-6-17(14-22)18-12-20(25)15-21(26)13-18/h2-9,12-15H,10-11,16H2,1H3. The van der Waals surface area contributed by atoms with Crippen molar-refractivity contribution in [1.82, 2.24) is 0 Å². The van der Waals surface area contributed by atoms with Gasteiger partial charge in [-0.05, 0) is 47.4 Å². The average molecular weight is 377 g/mol. The second kappa shape index (κ2) is 7.19. The first kappa shape index (κ1) is 18.4. The maximum atomic E-state index is 13.6. The van der Waals surface area contributed by atoms with Gasteiger partial charge in [-0.3, -0.25) is 4.79 Å². The van der Waals surface area contributed by atoms with Gasteiger partial charge in [-0.15, -0.1) is 0 Å². The lowest BCUT2D eigenvalue weighted by molar-refractivity contribution is -0.121. The molecule has 142 valence electrons. The number of carbonyl (C=O) groups is 1. The molecule has 0 spiro atoms. The van der Waals surface area contributed by atoms with E-state index < -0.39 is 11.6 Å². The number of nitrogens with zero attached hydrogens (tertiary/aromatic N) is 1. The van der Waals surface area contributed by atoms with Gasteiger partial charge in [0.1, 0.15) is 11.6 Å². The predicted molar refractivity (Wildman–Crippen MR) is 107 cm³/mol. The van der Waals surface area contributed by atoms with E-state index >= 15 is 0 Å². The van der Waals surface area contributed by atoms with Crippen molar-refractivity contribution in [2.75, 3.05) is 11.4 Å². The monoisotopic (exact) mass is 377 g/mol. The molecular weight excluding hydrogens is 356 g/mol. The van der Waals surface area contributed by atoms with E-state index in [4.69, 9.17) is 0 Å². The third-order valence-electron chi connectivity index (χ3n) is 5.55. The van der Waals surface area contributed by atoms with E-state index in [2.05, 4.69) is 19.1 Å². The van der Waals surface area contributed by atoms with Crippen LogP contribution in [0.4, 0.5) is 14.5 Å². The Morgan fingerprint density at radius 1 is 0.857 bits per heavy atom. The summed E-state index contributed by atoms with van der Waals surface area (Å²) in [5.41, 5.74) is 2.88. The molecule has 0 radical (unpaired) electrons. The maximum Gasteiger partial charge on any atom is 0.227 e. The molecule has 1 aliphatic heterocycles. The molecule has 0 N–H and O–H groups in total. The van der Waals surface area contributed by atoms with Gasteiger partial charge in [0, 0.05) is 30.1 Å². The molecule has 4 rings (SSSR count). The molecule has 1 aliphatic rings. The molecular formula is C24H21F2NO. The average Bonchev–Trinajstić information content (AvgIpc) is 2.68. The molecule has 1 heterocycles. The highest BCUT2D eigenvalue weighted by molar-refractivity contribution is 5.95. The molecule has 1 fully saturated rings. The third kappa shape index (κ3) is 3.55. The Hall–Kier alpha value is -3.01. The minimum atomic E-state index is -0.618. The van der Waals surface area contributed by atoms with Gasteiger partial charge < -0.3 is 4.90 Å². The van der Waals surface area contributed by atoms with Gasteiger partial charge in [-0.25, -0.2) is 8.78 Å². The van der Waals surface area contributed by atoms with Crippen molar-refractivity contribution in [2.24, 2.45) is 0 Å². The molecule has 3 aromatic rings. The van der Waals surface area contributed by atoms with Gasteiger partial charge in [-0.2, -0.15) is 0 Å². The quantitative estimate of drug-likeness (QED) is 0.572. The van der Waals surface area contributed by atoms with Crippen LogP contribution < -0.4 is 4.90 Å². The number of carbonyl (C=O) groups excluding carboxylic acids is 1. The summed E-state index contributed by atoms with van der Waals surface area (Å²) in [5, 5.41) is 0. The number of benzene rings is 3. The summed E-state index contributed by atoms with van der Waals surface area (Å²) in [5.74, 6) is -1.18. The van der Waals surface area contributed by atoms with Gasteiger partial charge in [0.15, 0.2) is 0 Å². The fourth-order valence-corrected chi connectivity index (χ4v) is 3.93. The Bertz CT molecular complexity index is 998. The Labute approximate surface area is 163 Å². The van der Waals surface area contributed by atoms with Crippen molar-refractivity contribution in [1.29, 1.82) is 0 Å². The Kier molecular flexibility index (Phi) is 4.71. The normalized spacial score (nSPS) is 19.7. The number of rotatable bonds is 3. The minimum absolute atomic E-state index is 0.0557. The molecule has 28 heavy (non-hydrogen) atoms. The second-order valence-corrected chi connectivity index (χ2v) is 7.61. The fraction of sp³-hybridized carbons (Fsp3) is 0.208. The van der Waals surface area contributed by atoms with Gasteiger partial charge >= 0.3 is 0 Å². The number of amides is 1. The lowest BCUT2D eigenvalue weighted by atomic mass is 9.74. The van der Waals surface area contributed by atoms with E-state index in [9.17, 15) is 13.6 Å². The lowest BCUT2D eigenvalue weighted by Crippen LogP contribution is -2.45. The topological polar surface area (TPSA) is 20.3 Å². The number of piperidine rings is 1. The zero-order chi connectivity index (χ0) is 19.7. The Balaban J connectivity index is 1.60. The fourth-order valence-electron chi connectivity index (χ4n) is 3.93. The van der Waals surface area contributed by atoms with Gasteiger partial charge in [0.2, 0.25) is 5.91 Å². The van der Waals surface area contributed by atoms with Crippen LogP contribution in [-0.4, -0.2) is 12.5 Å². The van der Waals surface area contributed by atoms with Crippen LogP contribution in [-0.2, 0) is 10.2 Å². The number of hydrogen-bond donors (Lipinski definition) is 0. The van der Waals surface area contributed by atoms with E-state index in [1.165, 1.54) is 17.7 Å². The molecule has 4 heteroatoms. The van der Waals surface area contributed by atoms with Crippen molar-refractivity contribution < 1.29 is 13.6 Å². The summed E-state index contributed by atoms with van der Waals surface area (Å²) in [6, 6.07) is 20.9. The summed E-state index contributed by atoms with van der Waals surface area (Å²) in [6.07, 6.45) is 1.28. The summed E-state index contributed by atoms with van der Waals surface area (Å²) >= 11 is 0. The van der Waals surface area contributed by atoms with Crippen LogP contribution in [0.25, 0.3) is 11.1 Å². The minimum Gasteiger partial charge on any atom is -0.312 e. The molecule has 0 bridgehead atoms. The maximum absolute atomic E-state index is 13.6. The number of anilines is 1. The first-order chi connectivity index (χ1) is 13.4. The Morgan fingerprint density at radius 2 is 1.57 bits per heavy atom. The first-order valence-electron chi connectivity index (χ1n) is 9.37. The van der Waals surface area contributed by atoms with E-state index in [-0.39, 0.29) is 11.3 Å². The van der Waals surface area contributed by atoms with Crippen LogP contribution >= 0.6 is 0 Å². The molecule has 2 nitrogen and oxygen atoms in total. The highest BCUT2D eigenvalue weighted by Crippen LogP contribution is 2.37. The Morgan fingerprint density at radius 3 is 2.25 bits per heavy atom. The molecule has 0 aliphatic carbocycles. The first-order valence-corrected chi connectivity index (χ1v) is 9.37. The molecule has 1 amide bonds. The van der Waals surface area contributed by atoms with E-state index in [0.717, 1.165) is 18.2 Å². The third-order valence-corrected chi connectivity index (χ3v) is 5.55. The van der Waals surface area contributed by atoms with Crippen LogP contribution in [0.1, 0.15) is 25.3 Å². The molecule has 0 saturated carbocycles. The largest absolute Gasteiger partial charge is 0.312 e. The zero-order valence-electron chi connectivity index (χ0n) is 15.7. The molecule has 0 aromatic heterocycles. The van der Waals surface area contributed by atoms with Crippen LogP contribution in [0.15, 0.2) is 72.8 Å². The van der Waals surface area contributed by atoms with E-state index in [0.29, 0.717) is 24.1 Å². The van der Waals surface area contributed by atoms with Gasteiger partial charge in [0.25, 0.3) is 0 Å². The van der Waals surface area contributed by atoms with Crippen LogP contribution in [0.5, 0.6) is 0 Å². The number of halogens is 2. The zero-order valence-corrected chi connectivity index (χ0v) is 15.7. The van der Waals surface area contributed by atoms with Crippen molar-refractivity contribution in [3.05, 3.63) is 90.0 Å². The van der Waals surface area contributed by atoms with Crippen molar-refractivity contribution in [3.8, 4) is 11.1 Å². The molecule has 1 atom stereocenters. The molecule has 1 saturated heterocycles. The smallest absolute Gasteiger partial charge is 0.227 e. The number of hydrogen-bond acceptors (Lipinski definition) is 1.